The normalized spacial score (nSPS) is 31.7. The summed E-state index contributed by atoms with van der Waals surface area (Å²) in [5.41, 5.74) is 0.618. The second-order valence-corrected chi connectivity index (χ2v) is 4.43. The Morgan fingerprint density at radius 3 is 2.80 bits per heavy atom. The van der Waals surface area contributed by atoms with Crippen LogP contribution in [0, 0.1) is 11.1 Å². The number of nitrogens with zero attached hydrogens (tertiary/aromatic N) is 1. The van der Waals surface area contributed by atoms with Crippen molar-refractivity contribution in [1.82, 2.24) is 0 Å². The van der Waals surface area contributed by atoms with Gasteiger partial charge in [-0.15, -0.1) is 0 Å². The monoisotopic (exact) mass is 213 g/mol. The first-order valence-corrected chi connectivity index (χ1v) is 5.30. The van der Waals surface area contributed by atoms with E-state index in [0.717, 1.165) is 6.42 Å². The van der Waals surface area contributed by atoms with Crippen LogP contribution in [0.2, 0.25) is 0 Å². The summed E-state index contributed by atoms with van der Waals surface area (Å²) in [6, 6.07) is 0. The van der Waals surface area contributed by atoms with Crippen LogP contribution >= 0.6 is 0 Å². The Morgan fingerprint density at radius 1 is 1.67 bits per heavy atom. The van der Waals surface area contributed by atoms with Gasteiger partial charge in [0.15, 0.2) is 0 Å². The predicted molar refractivity (Wildman–Crippen MR) is 57.8 cm³/mol. The zero-order valence-corrected chi connectivity index (χ0v) is 9.66. The van der Waals surface area contributed by atoms with Crippen molar-refractivity contribution in [2.75, 3.05) is 26.7 Å². The van der Waals surface area contributed by atoms with Gasteiger partial charge < -0.3 is 14.6 Å². The van der Waals surface area contributed by atoms with Gasteiger partial charge in [0.25, 0.3) is 0 Å². The summed E-state index contributed by atoms with van der Waals surface area (Å²) >= 11 is 0. The number of rotatable bonds is 3. The molecule has 15 heavy (non-hydrogen) atoms. The number of quaternary nitrogens is 1. The van der Waals surface area contributed by atoms with Crippen molar-refractivity contribution < 1.29 is 14.2 Å². The molecule has 0 spiro atoms. The molecule has 86 valence electrons. The van der Waals surface area contributed by atoms with E-state index in [-0.39, 0.29) is 16.5 Å². The molecule has 0 radical (unpaired) electrons. The van der Waals surface area contributed by atoms with Crippen LogP contribution in [0.3, 0.4) is 0 Å². The van der Waals surface area contributed by atoms with Gasteiger partial charge in [0.2, 0.25) is 0 Å². The first kappa shape index (κ1) is 12.2. The number of ether oxygens (including phenoxy) is 1. The third kappa shape index (κ3) is 3.64. The van der Waals surface area contributed by atoms with E-state index in [1.807, 2.05) is 0 Å². The minimum atomic E-state index is -0.274. The van der Waals surface area contributed by atoms with Gasteiger partial charge in [-0.05, 0) is 13.8 Å². The third-order valence-corrected chi connectivity index (χ3v) is 2.86. The third-order valence-electron chi connectivity index (χ3n) is 2.86. The van der Waals surface area contributed by atoms with Crippen molar-refractivity contribution in [3.05, 3.63) is 16.9 Å². The molecule has 0 bridgehead atoms. The number of likely N-dealkylation sites (tertiary alicyclic amines) is 1. The van der Waals surface area contributed by atoms with Crippen LogP contribution in [-0.2, 0) is 9.53 Å². The summed E-state index contributed by atoms with van der Waals surface area (Å²) in [5.74, 6) is -0.0504. The summed E-state index contributed by atoms with van der Waals surface area (Å²) in [7, 11) is 1.67. The number of hydrogen-bond donors (Lipinski definition) is 0. The fourth-order valence-corrected chi connectivity index (χ4v) is 1.75. The average Bonchev–Trinajstić information content (AvgIpc) is 2.53. The zero-order valence-electron chi connectivity index (χ0n) is 9.66. The lowest BCUT2D eigenvalue weighted by Gasteiger charge is -2.33. The van der Waals surface area contributed by atoms with Crippen LogP contribution in [-0.4, -0.2) is 37.4 Å². The van der Waals surface area contributed by atoms with Crippen molar-refractivity contribution in [3.8, 4) is 0 Å². The molecular formula is C11H19NO3. The molecule has 0 aromatic heterocycles. The van der Waals surface area contributed by atoms with Crippen LogP contribution in [0.15, 0.2) is 11.6 Å². The molecule has 4 nitrogen and oxygen atoms in total. The van der Waals surface area contributed by atoms with E-state index in [1.165, 1.54) is 0 Å². The summed E-state index contributed by atoms with van der Waals surface area (Å²) in [5, 5.41) is 11.5. The van der Waals surface area contributed by atoms with Crippen LogP contribution in [0.4, 0.5) is 0 Å². The van der Waals surface area contributed by atoms with Gasteiger partial charge in [0, 0.05) is 17.9 Å². The number of carbonyl (C=O) groups excluding carboxylic acids is 1. The highest BCUT2D eigenvalue weighted by Gasteiger charge is 2.28. The summed E-state index contributed by atoms with van der Waals surface area (Å²) < 4.78 is 4.91. The van der Waals surface area contributed by atoms with Crippen LogP contribution in [0.25, 0.3) is 0 Å². The van der Waals surface area contributed by atoms with E-state index < -0.39 is 0 Å². The Labute approximate surface area is 90.7 Å². The summed E-state index contributed by atoms with van der Waals surface area (Å²) in [6.07, 6.45) is 2.58. The van der Waals surface area contributed by atoms with E-state index in [2.05, 4.69) is 0 Å². The topological polar surface area (TPSA) is 49.4 Å². The van der Waals surface area contributed by atoms with Gasteiger partial charge in [0.1, 0.15) is 6.61 Å². The van der Waals surface area contributed by atoms with Gasteiger partial charge >= 0.3 is 5.97 Å². The largest absolute Gasteiger partial charge is 0.633 e. The number of carbonyl (C=O) groups is 1. The fourth-order valence-electron chi connectivity index (χ4n) is 1.75. The van der Waals surface area contributed by atoms with Crippen LogP contribution in [0.5, 0.6) is 0 Å². The first-order valence-electron chi connectivity index (χ1n) is 5.30. The first-order chi connectivity index (χ1) is 6.94. The summed E-state index contributed by atoms with van der Waals surface area (Å²) in [4.78, 5) is 11.3. The van der Waals surface area contributed by atoms with E-state index in [9.17, 15) is 10.0 Å². The molecule has 1 saturated heterocycles. The van der Waals surface area contributed by atoms with Gasteiger partial charge in [-0.1, -0.05) is 6.08 Å². The number of hydroxylamine groups is 3. The Kier molecular flexibility index (Phi) is 3.88. The molecule has 1 aliphatic rings. The summed E-state index contributed by atoms with van der Waals surface area (Å²) in [6.45, 7) is 5.09. The SMILES string of the molecule is C/C=C(\C)C(=O)OC[C@@H]1CC[N+](C)([O-])C1. The van der Waals surface area contributed by atoms with Gasteiger partial charge in [-0.3, -0.25) is 0 Å². The molecule has 1 aliphatic heterocycles. The molecule has 0 N–H and O–H groups in total. The highest BCUT2D eigenvalue weighted by Crippen LogP contribution is 2.21. The molecular weight excluding hydrogens is 194 g/mol. The van der Waals surface area contributed by atoms with E-state index in [1.54, 1.807) is 27.0 Å². The molecule has 0 aromatic rings. The maximum atomic E-state index is 11.5. The maximum Gasteiger partial charge on any atom is 0.333 e. The Balaban J connectivity index is 2.30. The van der Waals surface area contributed by atoms with Crippen molar-refractivity contribution in [3.63, 3.8) is 0 Å². The molecule has 1 unspecified atom stereocenters. The molecule has 1 heterocycles. The van der Waals surface area contributed by atoms with Gasteiger partial charge in [0.05, 0.1) is 20.1 Å². The lowest BCUT2D eigenvalue weighted by Crippen LogP contribution is -2.34. The van der Waals surface area contributed by atoms with Crippen LogP contribution < -0.4 is 0 Å². The maximum absolute atomic E-state index is 11.5. The van der Waals surface area contributed by atoms with Gasteiger partial charge in [-0.25, -0.2) is 4.79 Å². The molecule has 1 fully saturated rings. The molecule has 4 heteroatoms. The minimum Gasteiger partial charge on any atom is -0.633 e. The van der Waals surface area contributed by atoms with Crippen molar-refractivity contribution in [2.45, 2.75) is 20.3 Å². The van der Waals surface area contributed by atoms with E-state index in [4.69, 9.17) is 4.74 Å². The van der Waals surface area contributed by atoms with Crippen LogP contribution in [0.1, 0.15) is 20.3 Å². The highest BCUT2D eigenvalue weighted by molar-refractivity contribution is 5.87. The standard InChI is InChI=1S/C11H19NO3/c1-4-9(2)11(13)15-8-10-5-6-12(3,14)7-10/h4,10H,5-8H2,1-3H3/b9-4+/t10-,12?/m1/s1. The molecule has 1 rings (SSSR count). The van der Waals surface area contributed by atoms with Crippen molar-refractivity contribution in [1.29, 1.82) is 0 Å². The fraction of sp³-hybridized carbons (Fsp3) is 0.727. The average molecular weight is 213 g/mol. The molecule has 0 aromatic carbocycles. The quantitative estimate of drug-likeness (QED) is 0.308. The zero-order chi connectivity index (χ0) is 11.5. The molecule has 0 aliphatic carbocycles. The predicted octanol–water partition coefficient (Wildman–Crippen LogP) is 1.46. The minimum absolute atomic E-state index is 0.204. The smallest absolute Gasteiger partial charge is 0.333 e. The van der Waals surface area contributed by atoms with Gasteiger partial charge in [-0.2, -0.15) is 0 Å². The van der Waals surface area contributed by atoms with Crippen molar-refractivity contribution in [2.24, 2.45) is 5.92 Å². The van der Waals surface area contributed by atoms with E-state index >= 15 is 0 Å². The Bertz CT molecular complexity index is 271. The number of hydrogen-bond acceptors (Lipinski definition) is 3. The molecule has 2 atom stereocenters. The Hall–Kier alpha value is -0.870. The van der Waals surface area contributed by atoms with E-state index in [0.29, 0.717) is 25.3 Å². The lowest BCUT2D eigenvalue weighted by molar-refractivity contribution is -0.849. The number of allylic oxidation sites excluding steroid dienone is 1. The second kappa shape index (κ2) is 4.77. The number of esters is 1. The highest BCUT2D eigenvalue weighted by atomic mass is 16.5. The Morgan fingerprint density at radius 2 is 2.33 bits per heavy atom. The molecule has 0 amide bonds. The second-order valence-electron chi connectivity index (χ2n) is 4.43. The molecule has 0 saturated carbocycles. The van der Waals surface area contributed by atoms with Crippen molar-refractivity contribution >= 4 is 5.97 Å². The lowest BCUT2D eigenvalue weighted by atomic mass is 10.1.